The molecule has 0 fully saturated rings. The first-order valence-electron chi connectivity index (χ1n) is 22.7. The van der Waals surface area contributed by atoms with Crippen LogP contribution >= 0.6 is 0 Å². The highest BCUT2D eigenvalue weighted by Gasteiger charge is 2.35. The van der Waals surface area contributed by atoms with Gasteiger partial charge in [0, 0.05) is 54.9 Å². The fourth-order valence-corrected chi connectivity index (χ4v) is 10.6. The summed E-state index contributed by atoms with van der Waals surface area (Å²) in [4.78, 5) is 15.9. The van der Waals surface area contributed by atoms with E-state index in [9.17, 15) is 0 Å². The normalized spacial score (nSPS) is 12.8. The topological polar surface area (TPSA) is 43.6 Å². The van der Waals surface area contributed by atoms with Gasteiger partial charge in [-0.2, -0.15) is 0 Å². The van der Waals surface area contributed by atoms with E-state index in [1.807, 2.05) is 18.2 Å². The Bertz CT molecular complexity index is 3870. The fourth-order valence-electron chi connectivity index (χ4n) is 10.6. The summed E-state index contributed by atoms with van der Waals surface area (Å²) in [5.41, 5.74) is 18.8. The van der Waals surface area contributed by atoms with Gasteiger partial charge in [-0.25, -0.2) is 15.0 Å². The third-order valence-electron chi connectivity index (χ3n) is 13.8. The predicted molar refractivity (Wildman–Crippen MR) is 274 cm³/mol. The number of para-hydroxylation sites is 2. The lowest BCUT2D eigenvalue weighted by atomic mass is 9.82. The van der Waals surface area contributed by atoms with Gasteiger partial charge in [-0.3, -0.25) is 0 Å². The number of rotatable bonds is 6. The molecule has 0 aliphatic heterocycles. The van der Waals surface area contributed by atoms with Crippen LogP contribution in [0.5, 0.6) is 0 Å². The molecule has 0 atom stereocenters. The van der Waals surface area contributed by atoms with Gasteiger partial charge in [-0.05, 0) is 81.2 Å². The summed E-state index contributed by atoms with van der Waals surface area (Å²) in [6.45, 7) is 4.65. The van der Waals surface area contributed by atoms with E-state index in [4.69, 9.17) is 15.0 Å². The molecule has 1 aliphatic rings. The number of hydrogen-bond donors (Lipinski definition) is 0. The maximum Gasteiger partial charge on any atom is 0.160 e. The average molecular weight is 843 g/mol. The fraction of sp³-hybridized carbons (Fsp3) is 0.0484. The van der Waals surface area contributed by atoms with Crippen molar-refractivity contribution in [1.82, 2.24) is 19.5 Å². The highest BCUT2D eigenvalue weighted by molar-refractivity contribution is 6.28. The molecule has 0 N–H and O–H groups in total. The zero-order valence-electron chi connectivity index (χ0n) is 36.6. The maximum atomic E-state index is 5.56. The molecule has 0 radical (unpaired) electrons. The quantitative estimate of drug-likeness (QED) is 0.157. The van der Waals surface area contributed by atoms with Gasteiger partial charge in [0.15, 0.2) is 5.82 Å². The molecule has 0 spiro atoms. The highest BCUT2D eigenvalue weighted by atomic mass is 15.0. The van der Waals surface area contributed by atoms with Crippen molar-refractivity contribution in [2.24, 2.45) is 0 Å². The van der Waals surface area contributed by atoms with Crippen LogP contribution in [0.4, 0.5) is 0 Å². The van der Waals surface area contributed by atoms with Crippen molar-refractivity contribution in [1.29, 1.82) is 0 Å². The summed E-state index contributed by atoms with van der Waals surface area (Å²) in [6, 6.07) is 78.2. The van der Waals surface area contributed by atoms with Gasteiger partial charge in [-0.15, -0.1) is 0 Å². The third-order valence-corrected chi connectivity index (χ3v) is 13.8. The Hall–Kier alpha value is -8.47. The molecule has 1 aliphatic carbocycles. The third kappa shape index (κ3) is 5.95. The summed E-state index contributed by atoms with van der Waals surface area (Å²) >= 11 is 0. The van der Waals surface area contributed by atoms with Gasteiger partial charge in [0.2, 0.25) is 0 Å². The minimum Gasteiger partial charge on any atom is -0.309 e. The van der Waals surface area contributed by atoms with Crippen LogP contribution in [0, 0.1) is 0 Å². The number of pyridine rings is 1. The monoisotopic (exact) mass is 842 g/mol. The Morgan fingerprint density at radius 1 is 0.364 bits per heavy atom. The molecule has 3 aromatic heterocycles. The number of benzene rings is 9. The van der Waals surface area contributed by atoms with Gasteiger partial charge in [0.05, 0.1) is 33.6 Å². The molecular weight excluding hydrogens is 801 g/mol. The minimum absolute atomic E-state index is 0.110. The summed E-state index contributed by atoms with van der Waals surface area (Å²) < 4.78 is 2.38. The SMILES string of the molecule is CC1(C)c2ccccc2-c2ccc(-c3cc(-c4ccc(-c5ccc6c(c5)nc(-c5ccccc5)c5c6ccc6c5c5ccccc5n6-c5ccccc5)cc4)nc(-c4ccccc4)n3)cc21. The van der Waals surface area contributed by atoms with E-state index < -0.39 is 0 Å². The molecule has 0 amide bonds. The van der Waals surface area contributed by atoms with Gasteiger partial charge in [-0.1, -0.05) is 190 Å². The van der Waals surface area contributed by atoms with Crippen LogP contribution in [-0.4, -0.2) is 19.5 Å². The molecule has 4 heteroatoms. The molecule has 4 nitrogen and oxygen atoms in total. The van der Waals surface area contributed by atoms with Crippen LogP contribution in [0.15, 0.2) is 218 Å². The summed E-state index contributed by atoms with van der Waals surface area (Å²) in [5.74, 6) is 0.708. The molecule has 66 heavy (non-hydrogen) atoms. The van der Waals surface area contributed by atoms with Gasteiger partial charge >= 0.3 is 0 Å². The largest absolute Gasteiger partial charge is 0.309 e. The lowest BCUT2D eigenvalue weighted by Gasteiger charge is -2.22. The summed E-state index contributed by atoms with van der Waals surface area (Å²) in [6.07, 6.45) is 0. The minimum atomic E-state index is -0.110. The van der Waals surface area contributed by atoms with Crippen molar-refractivity contribution in [3.63, 3.8) is 0 Å². The average Bonchev–Trinajstić information content (AvgIpc) is 3.84. The van der Waals surface area contributed by atoms with E-state index in [0.717, 1.165) is 67.1 Å². The summed E-state index contributed by atoms with van der Waals surface area (Å²) in [5, 5.41) is 5.92. The van der Waals surface area contributed by atoms with E-state index in [1.54, 1.807) is 0 Å². The van der Waals surface area contributed by atoms with Crippen molar-refractivity contribution in [2.75, 3.05) is 0 Å². The predicted octanol–water partition coefficient (Wildman–Crippen LogP) is 15.9. The molecule has 0 bridgehead atoms. The van der Waals surface area contributed by atoms with Gasteiger partial charge < -0.3 is 4.57 Å². The molecule has 0 saturated heterocycles. The van der Waals surface area contributed by atoms with E-state index in [1.165, 1.54) is 54.8 Å². The van der Waals surface area contributed by atoms with Gasteiger partial charge in [0.1, 0.15) is 0 Å². The van der Waals surface area contributed by atoms with Crippen LogP contribution < -0.4 is 0 Å². The Kier molecular flexibility index (Phi) is 8.53. The Morgan fingerprint density at radius 3 is 1.76 bits per heavy atom. The van der Waals surface area contributed by atoms with Crippen molar-refractivity contribution in [2.45, 2.75) is 19.3 Å². The van der Waals surface area contributed by atoms with Crippen LogP contribution in [0.25, 0.3) is 117 Å². The smallest absolute Gasteiger partial charge is 0.160 e. The van der Waals surface area contributed by atoms with E-state index >= 15 is 0 Å². The molecule has 9 aromatic carbocycles. The van der Waals surface area contributed by atoms with Crippen molar-refractivity contribution in [3.05, 3.63) is 230 Å². The lowest BCUT2D eigenvalue weighted by molar-refractivity contribution is 0.660. The Morgan fingerprint density at radius 2 is 0.970 bits per heavy atom. The Balaban J connectivity index is 0.927. The Labute approximate surface area is 383 Å². The van der Waals surface area contributed by atoms with Crippen LogP contribution in [0.3, 0.4) is 0 Å². The molecule has 13 rings (SSSR count). The van der Waals surface area contributed by atoms with Crippen LogP contribution in [0.2, 0.25) is 0 Å². The summed E-state index contributed by atoms with van der Waals surface area (Å²) in [7, 11) is 0. The molecule has 0 unspecified atom stereocenters. The molecule has 3 heterocycles. The van der Waals surface area contributed by atoms with Crippen molar-refractivity contribution >= 4 is 43.5 Å². The molecule has 12 aromatic rings. The molecule has 310 valence electrons. The first kappa shape index (κ1) is 38.0. The number of fused-ring (bicyclic) bond motifs is 10. The van der Waals surface area contributed by atoms with E-state index in [-0.39, 0.29) is 5.41 Å². The second-order valence-corrected chi connectivity index (χ2v) is 18.0. The van der Waals surface area contributed by atoms with E-state index in [0.29, 0.717) is 5.82 Å². The zero-order chi connectivity index (χ0) is 43.9. The standard InChI is InChI=1S/C62H42N4/c1-62(2)51-24-14-12-22-46(51)47-32-31-44(36-52(47)62)54-38-53(64-61(65-54)42-18-8-4-9-19-42)40-28-26-39(27-29-40)43-30-33-48-49-34-35-57-58(59(49)60(63-55(48)37-43)41-16-6-3-7-17-41)50-23-13-15-25-56(50)66(57)45-20-10-5-11-21-45/h3-38H,1-2H3. The lowest BCUT2D eigenvalue weighted by Crippen LogP contribution is -2.14. The number of aromatic nitrogens is 4. The van der Waals surface area contributed by atoms with Crippen molar-refractivity contribution < 1.29 is 0 Å². The molecular formula is C62H42N4. The number of hydrogen-bond acceptors (Lipinski definition) is 3. The number of nitrogens with zero attached hydrogens (tertiary/aromatic N) is 4. The first-order chi connectivity index (χ1) is 32.5. The molecule has 0 saturated carbocycles. The van der Waals surface area contributed by atoms with Crippen molar-refractivity contribution in [3.8, 4) is 73.1 Å². The second-order valence-electron chi connectivity index (χ2n) is 18.0. The second kappa shape index (κ2) is 14.8. The van der Waals surface area contributed by atoms with Gasteiger partial charge in [0.25, 0.3) is 0 Å². The van der Waals surface area contributed by atoms with Crippen LogP contribution in [-0.2, 0) is 5.41 Å². The highest BCUT2D eigenvalue weighted by Crippen LogP contribution is 2.50. The van der Waals surface area contributed by atoms with Crippen LogP contribution in [0.1, 0.15) is 25.0 Å². The maximum absolute atomic E-state index is 5.56. The van der Waals surface area contributed by atoms with E-state index in [2.05, 4.69) is 219 Å². The first-order valence-corrected chi connectivity index (χ1v) is 22.7. The zero-order valence-corrected chi connectivity index (χ0v) is 36.6.